The Morgan fingerprint density at radius 1 is 1.53 bits per heavy atom. The molecule has 1 saturated heterocycles. The lowest BCUT2D eigenvalue weighted by molar-refractivity contribution is -0.00771. The van der Waals surface area contributed by atoms with Crippen LogP contribution in [0.15, 0.2) is 21.6 Å². The van der Waals surface area contributed by atoms with Gasteiger partial charge in [0.05, 0.1) is 18.8 Å². The van der Waals surface area contributed by atoms with Crippen LogP contribution >= 0.6 is 27.5 Å². The van der Waals surface area contributed by atoms with Gasteiger partial charge in [0, 0.05) is 17.2 Å². The number of aromatic nitrogens is 1. The Balaban J connectivity index is 2.50. The van der Waals surface area contributed by atoms with E-state index in [1.54, 1.807) is 0 Å². The van der Waals surface area contributed by atoms with Gasteiger partial charge in [-0.3, -0.25) is 0 Å². The fourth-order valence-corrected chi connectivity index (χ4v) is 4.67. The first-order valence-electron chi connectivity index (χ1n) is 5.67. The topological polar surface area (TPSA) is 59.5 Å². The molecule has 0 aliphatic carbocycles. The number of ether oxygens (including phenoxy) is 1. The van der Waals surface area contributed by atoms with Crippen molar-refractivity contribution in [2.75, 3.05) is 19.8 Å². The molecule has 0 bridgehead atoms. The Morgan fingerprint density at radius 2 is 2.21 bits per heavy atom. The molecule has 0 aromatic carbocycles. The summed E-state index contributed by atoms with van der Waals surface area (Å²) >= 11 is 9.14. The number of pyridine rings is 1. The van der Waals surface area contributed by atoms with E-state index < -0.39 is 15.6 Å². The fourth-order valence-electron chi connectivity index (χ4n) is 1.99. The summed E-state index contributed by atoms with van der Waals surface area (Å²) in [6, 6.07) is 1.47. The second kappa shape index (κ2) is 5.29. The largest absolute Gasteiger partial charge is 0.378 e. The average molecular weight is 370 g/mol. The molecule has 1 aromatic rings. The SMILES string of the molecule is CC1(C)COCCN1S(=O)(=O)c1cc(Br)cnc1Cl. The molecular formula is C11H14BrClN2O3S. The van der Waals surface area contributed by atoms with Crippen LogP contribution in [0, 0.1) is 0 Å². The minimum absolute atomic E-state index is 0.0125. The molecule has 106 valence electrons. The minimum Gasteiger partial charge on any atom is -0.378 e. The molecule has 0 amide bonds. The van der Waals surface area contributed by atoms with Crippen molar-refractivity contribution in [2.45, 2.75) is 24.3 Å². The van der Waals surface area contributed by atoms with Crippen molar-refractivity contribution in [3.05, 3.63) is 21.9 Å². The van der Waals surface area contributed by atoms with Gasteiger partial charge in [0.25, 0.3) is 0 Å². The predicted molar refractivity (Wildman–Crippen MR) is 75.7 cm³/mol. The van der Waals surface area contributed by atoms with E-state index in [1.807, 2.05) is 13.8 Å². The zero-order valence-corrected chi connectivity index (χ0v) is 13.7. The Bertz CT molecular complexity index is 592. The van der Waals surface area contributed by atoms with Gasteiger partial charge in [-0.1, -0.05) is 11.6 Å². The second-order valence-corrected chi connectivity index (χ2v) is 7.99. The van der Waals surface area contributed by atoms with Gasteiger partial charge in [0.2, 0.25) is 10.0 Å². The zero-order valence-electron chi connectivity index (χ0n) is 10.6. The van der Waals surface area contributed by atoms with Crippen molar-refractivity contribution in [1.29, 1.82) is 0 Å². The second-order valence-electron chi connectivity index (χ2n) is 4.88. The normalized spacial score (nSPS) is 20.4. The lowest BCUT2D eigenvalue weighted by Crippen LogP contribution is -2.55. The van der Waals surface area contributed by atoms with Crippen LogP contribution in [0.2, 0.25) is 5.15 Å². The molecule has 8 heteroatoms. The maximum Gasteiger partial charge on any atom is 0.246 e. The standard InChI is InChI=1S/C11H14BrClN2O3S/c1-11(2)7-18-4-3-15(11)19(16,17)9-5-8(12)6-14-10(9)13/h5-6H,3-4,7H2,1-2H3. The van der Waals surface area contributed by atoms with Crippen LogP contribution in [-0.2, 0) is 14.8 Å². The molecule has 2 rings (SSSR count). The van der Waals surface area contributed by atoms with E-state index in [0.29, 0.717) is 24.2 Å². The Morgan fingerprint density at radius 3 is 2.84 bits per heavy atom. The summed E-state index contributed by atoms with van der Waals surface area (Å²) < 4.78 is 32.7. The first kappa shape index (κ1) is 15.2. The monoisotopic (exact) mass is 368 g/mol. The molecule has 1 aliphatic rings. The maximum atomic E-state index is 12.7. The van der Waals surface area contributed by atoms with Gasteiger partial charge < -0.3 is 4.74 Å². The van der Waals surface area contributed by atoms with Gasteiger partial charge in [0.1, 0.15) is 10.0 Å². The summed E-state index contributed by atoms with van der Waals surface area (Å²) in [5.41, 5.74) is -0.608. The Labute approximate surface area is 126 Å². The van der Waals surface area contributed by atoms with Crippen LogP contribution < -0.4 is 0 Å². The number of sulfonamides is 1. The third kappa shape index (κ3) is 2.95. The van der Waals surface area contributed by atoms with Gasteiger partial charge in [-0.05, 0) is 35.8 Å². The quantitative estimate of drug-likeness (QED) is 0.751. The van der Waals surface area contributed by atoms with Crippen LogP contribution in [0.1, 0.15) is 13.8 Å². The van der Waals surface area contributed by atoms with Gasteiger partial charge >= 0.3 is 0 Å². The van der Waals surface area contributed by atoms with Crippen molar-refractivity contribution in [2.24, 2.45) is 0 Å². The minimum atomic E-state index is -3.69. The summed E-state index contributed by atoms with van der Waals surface area (Å²) in [6.45, 7) is 4.68. The highest BCUT2D eigenvalue weighted by molar-refractivity contribution is 9.10. The van der Waals surface area contributed by atoms with Crippen LogP contribution in [-0.4, -0.2) is 43.0 Å². The van der Waals surface area contributed by atoms with Crippen molar-refractivity contribution in [3.63, 3.8) is 0 Å². The molecule has 2 heterocycles. The maximum absolute atomic E-state index is 12.7. The zero-order chi connectivity index (χ0) is 14.3. The van der Waals surface area contributed by atoms with Crippen molar-refractivity contribution in [3.8, 4) is 0 Å². The van der Waals surface area contributed by atoms with E-state index in [1.165, 1.54) is 16.6 Å². The molecule has 0 saturated carbocycles. The van der Waals surface area contributed by atoms with Gasteiger partial charge in [-0.2, -0.15) is 4.31 Å². The summed E-state index contributed by atoms with van der Waals surface area (Å²) in [4.78, 5) is 3.88. The molecule has 0 unspecified atom stereocenters. The van der Waals surface area contributed by atoms with E-state index in [-0.39, 0.29) is 10.0 Å². The smallest absolute Gasteiger partial charge is 0.246 e. The number of nitrogens with zero attached hydrogens (tertiary/aromatic N) is 2. The predicted octanol–water partition coefficient (Wildman–Crippen LogP) is 2.30. The molecular weight excluding hydrogens is 356 g/mol. The van der Waals surface area contributed by atoms with Crippen molar-refractivity contribution >= 4 is 37.6 Å². The van der Waals surface area contributed by atoms with Gasteiger partial charge in [0.15, 0.2) is 0 Å². The lowest BCUT2D eigenvalue weighted by atomic mass is 10.1. The number of hydrogen-bond acceptors (Lipinski definition) is 4. The summed E-state index contributed by atoms with van der Waals surface area (Å²) in [5.74, 6) is 0. The molecule has 1 fully saturated rings. The van der Waals surface area contributed by atoms with E-state index >= 15 is 0 Å². The molecule has 0 atom stereocenters. The number of halogens is 2. The van der Waals surface area contributed by atoms with E-state index in [4.69, 9.17) is 16.3 Å². The van der Waals surface area contributed by atoms with Gasteiger partial charge in [-0.15, -0.1) is 0 Å². The lowest BCUT2D eigenvalue weighted by Gasteiger charge is -2.40. The molecule has 19 heavy (non-hydrogen) atoms. The number of morpholine rings is 1. The third-order valence-corrected chi connectivity index (χ3v) is 5.88. The molecule has 0 radical (unpaired) electrons. The molecule has 0 N–H and O–H groups in total. The summed E-state index contributed by atoms with van der Waals surface area (Å²) in [5, 5.41) is -0.0227. The highest BCUT2D eigenvalue weighted by Gasteiger charge is 2.40. The highest BCUT2D eigenvalue weighted by Crippen LogP contribution is 2.31. The van der Waals surface area contributed by atoms with E-state index in [0.717, 1.165) is 0 Å². The summed E-state index contributed by atoms with van der Waals surface area (Å²) in [6.07, 6.45) is 1.46. The summed E-state index contributed by atoms with van der Waals surface area (Å²) in [7, 11) is -3.69. The van der Waals surface area contributed by atoms with Crippen LogP contribution in [0.5, 0.6) is 0 Å². The molecule has 5 nitrogen and oxygen atoms in total. The van der Waals surface area contributed by atoms with Crippen molar-refractivity contribution in [1.82, 2.24) is 9.29 Å². The molecule has 1 aliphatic heterocycles. The fraction of sp³-hybridized carbons (Fsp3) is 0.545. The molecule has 1 aromatic heterocycles. The third-order valence-electron chi connectivity index (χ3n) is 2.91. The van der Waals surface area contributed by atoms with Crippen LogP contribution in [0.3, 0.4) is 0 Å². The van der Waals surface area contributed by atoms with Crippen LogP contribution in [0.4, 0.5) is 0 Å². The van der Waals surface area contributed by atoms with E-state index in [9.17, 15) is 8.42 Å². The number of hydrogen-bond donors (Lipinski definition) is 0. The molecule has 0 spiro atoms. The van der Waals surface area contributed by atoms with Crippen LogP contribution in [0.25, 0.3) is 0 Å². The number of rotatable bonds is 2. The Hall–Kier alpha value is -0.210. The Kier molecular flexibility index (Phi) is 4.23. The van der Waals surface area contributed by atoms with Gasteiger partial charge in [-0.25, -0.2) is 13.4 Å². The highest BCUT2D eigenvalue weighted by atomic mass is 79.9. The first-order valence-corrected chi connectivity index (χ1v) is 8.28. The average Bonchev–Trinajstić information content (AvgIpc) is 2.31. The van der Waals surface area contributed by atoms with E-state index in [2.05, 4.69) is 20.9 Å². The van der Waals surface area contributed by atoms with Crippen molar-refractivity contribution < 1.29 is 13.2 Å². The first-order chi connectivity index (χ1) is 8.75.